The van der Waals surface area contributed by atoms with Crippen molar-refractivity contribution in [2.24, 2.45) is 0 Å². The Labute approximate surface area is 161 Å². The number of carbonyl (C=O) groups is 2. The molecule has 8 heteroatoms. The number of carbonyl (C=O) groups excluding carboxylic acids is 2. The topological polar surface area (TPSA) is 98.5 Å². The Morgan fingerprint density at radius 1 is 1.11 bits per heavy atom. The summed E-state index contributed by atoms with van der Waals surface area (Å²) in [5.74, 6) is -0.539. The molecular formula is C19H20N2O5S. The average molecular weight is 388 g/mol. The lowest BCUT2D eigenvalue weighted by Gasteiger charge is -2.09. The van der Waals surface area contributed by atoms with Crippen LogP contribution in [0, 0.1) is 10.1 Å². The zero-order valence-corrected chi connectivity index (χ0v) is 15.8. The lowest BCUT2D eigenvalue weighted by atomic mass is 10.0. The van der Waals surface area contributed by atoms with Crippen molar-refractivity contribution in [1.82, 2.24) is 0 Å². The van der Waals surface area contributed by atoms with Crippen molar-refractivity contribution < 1.29 is 19.2 Å². The van der Waals surface area contributed by atoms with E-state index < -0.39 is 16.8 Å². The smallest absolute Gasteiger partial charge is 0.316 e. The van der Waals surface area contributed by atoms with E-state index in [-0.39, 0.29) is 18.0 Å². The van der Waals surface area contributed by atoms with Crippen LogP contribution in [0.2, 0.25) is 0 Å². The van der Waals surface area contributed by atoms with Crippen molar-refractivity contribution in [3.05, 3.63) is 64.2 Å². The van der Waals surface area contributed by atoms with E-state index in [1.165, 1.54) is 29.5 Å². The monoisotopic (exact) mass is 388 g/mol. The minimum atomic E-state index is -0.538. The number of benzene rings is 2. The molecule has 0 bridgehead atoms. The summed E-state index contributed by atoms with van der Waals surface area (Å²) in [6.07, 6.45) is 0. The molecular weight excluding hydrogens is 368 g/mol. The van der Waals surface area contributed by atoms with Gasteiger partial charge in [0.15, 0.2) is 6.61 Å². The Morgan fingerprint density at radius 3 is 2.30 bits per heavy atom. The molecule has 0 atom stereocenters. The second-order valence-corrected chi connectivity index (χ2v) is 7.07. The number of thioether (sulfide) groups is 1. The predicted octanol–water partition coefficient (Wildman–Crippen LogP) is 3.99. The van der Waals surface area contributed by atoms with Crippen molar-refractivity contribution in [2.45, 2.75) is 24.7 Å². The van der Waals surface area contributed by atoms with Crippen molar-refractivity contribution in [3.8, 4) is 0 Å². The molecule has 0 spiro atoms. The molecule has 0 aliphatic carbocycles. The van der Waals surface area contributed by atoms with Crippen molar-refractivity contribution in [1.29, 1.82) is 0 Å². The molecule has 1 amide bonds. The number of amides is 1. The third-order valence-corrected chi connectivity index (χ3v) is 4.62. The van der Waals surface area contributed by atoms with Crippen LogP contribution in [0.5, 0.6) is 0 Å². The molecule has 0 fully saturated rings. The lowest BCUT2D eigenvalue weighted by Crippen LogP contribution is -2.21. The summed E-state index contributed by atoms with van der Waals surface area (Å²) in [7, 11) is 0. The van der Waals surface area contributed by atoms with E-state index in [0.717, 1.165) is 0 Å². The fourth-order valence-electron chi connectivity index (χ4n) is 2.14. The highest BCUT2D eigenvalue weighted by molar-refractivity contribution is 8.00. The average Bonchev–Trinajstić information content (AvgIpc) is 2.65. The summed E-state index contributed by atoms with van der Waals surface area (Å²) in [6, 6.07) is 13.3. The number of anilines is 1. The number of esters is 1. The van der Waals surface area contributed by atoms with Crippen LogP contribution in [0.1, 0.15) is 25.3 Å². The van der Waals surface area contributed by atoms with Gasteiger partial charge in [-0.05, 0) is 35.7 Å². The predicted molar refractivity (Wildman–Crippen MR) is 104 cm³/mol. The van der Waals surface area contributed by atoms with Gasteiger partial charge >= 0.3 is 5.97 Å². The van der Waals surface area contributed by atoms with Gasteiger partial charge in [-0.25, -0.2) is 0 Å². The minimum Gasteiger partial charge on any atom is -0.455 e. The number of nitrogens with zero attached hydrogens (tertiary/aromatic N) is 1. The zero-order chi connectivity index (χ0) is 19.8. The molecule has 7 nitrogen and oxygen atoms in total. The molecule has 0 saturated carbocycles. The molecule has 1 N–H and O–H groups in total. The molecule has 2 aromatic rings. The zero-order valence-electron chi connectivity index (χ0n) is 15.0. The molecule has 0 aliphatic heterocycles. The van der Waals surface area contributed by atoms with E-state index >= 15 is 0 Å². The number of non-ortho nitro benzene ring substituents is 1. The molecule has 2 rings (SSSR count). The van der Waals surface area contributed by atoms with Crippen molar-refractivity contribution in [3.63, 3.8) is 0 Å². The third-order valence-electron chi connectivity index (χ3n) is 3.63. The van der Waals surface area contributed by atoms with Gasteiger partial charge in [0.25, 0.3) is 11.6 Å². The van der Waals surface area contributed by atoms with Crippen molar-refractivity contribution in [2.75, 3.05) is 17.7 Å². The molecule has 2 aromatic carbocycles. The second-order valence-electron chi connectivity index (χ2n) is 6.03. The van der Waals surface area contributed by atoms with E-state index in [1.54, 1.807) is 24.3 Å². The maximum atomic E-state index is 11.9. The number of hydrogen-bond donors (Lipinski definition) is 1. The van der Waals surface area contributed by atoms with Gasteiger partial charge in [-0.15, -0.1) is 11.8 Å². The number of ether oxygens (including phenoxy) is 1. The molecule has 0 radical (unpaired) electrons. The first-order chi connectivity index (χ1) is 12.8. The first-order valence-electron chi connectivity index (χ1n) is 8.28. The van der Waals surface area contributed by atoms with Crippen LogP contribution < -0.4 is 5.32 Å². The van der Waals surface area contributed by atoms with Crippen LogP contribution in [-0.4, -0.2) is 29.2 Å². The third kappa shape index (κ3) is 6.74. The van der Waals surface area contributed by atoms with Gasteiger partial charge in [0.2, 0.25) is 0 Å². The maximum Gasteiger partial charge on any atom is 0.316 e. The first-order valence-corrected chi connectivity index (χ1v) is 9.26. The highest BCUT2D eigenvalue weighted by Gasteiger charge is 2.10. The van der Waals surface area contributed by atoms with E-state index in [1.807, 2.05) is 12.1 Å². The number of nitro groups is 1. The van der Waals surface area contributed by atoms with Crippen LogP contribution in [0.15, 0.2) is 53.4 Å². The number of hydrogen-bond acceptors (Lipinski definition) is 6. The van der Waals surface area contributed by atoms with Crippen molar-refractivity contribution >= 4 is 35.0 Å². The molecule has 0 heterocycles. The molecule has 0 saturated heterocycles. The number of nitro benzene ring substituents is 1. The maximum absolute atomic E-state index is 11.9. The van der Waals surface area contributed by atoms with E-state index in [9.17, 15) is 19.7 Å². The molecule has 0 aromatic heterocycles. The van der Waals surface area contributed by atoms with Gasteiger partial charge in [-0.2, -0.15) is 0 Å². The molecule has 0 aliphatic rings. The summed E-state index contributed by atoms with van der Waals surface area (Å²) < 4.78 is 4.94. The summed E-state index contributed by atoms with van der Waals surface area (Å²) in [4.78, 5) is 34.4. The van der Waals surface area contributed by atoms with Crippen LogP contribution in [0.25, 0.3) is 0 Å². The Morgan fingerprint density at radius 2 is 1.74 bits per heavy atom. The number of rotatable bonds is 8. The van der Waals surface area contributed by atoms with Gasteiger partial charge in [-0.1, -0.05) is 26.0 Å². The van der Waals surface area contributed by atoms with E-state index in [2.05, 4.69) is 19.2 Å². The van der Waals surface area contributed by atoms with Gasteiger partial charge in [0, 0.05) is 22.7 Å². The van der Waals surface area contributed by atoms with Gasteiger partial charge in [-0.3, -0.25) is 19.7 Å². The fourth-order valence-corrected chi connectivity index (χ4v) is 2.84. The molecule has 27 heavy (non-hydrogen) atoms. The Balaban J connectivity index is 1.72. The SMILES string of the molecule is CC(C)c1ccc(NC(=O)COC(=O)CSc2ccc([N+](=O)[O-])cc2)cc1. The van der Waals surface area contributed by atoms with Crippen LogP contribution in [-0.2, 0) is 14.3 Å². The molecule has 142 valence electrons. The summed E-state index contributed by atoms with van der Waals surface area (Å²) >= 11 is 1.18. The summed E-state index contributed by atoms with van der Waals surface area (Å²) in [5, 5.41) is 13.3. The summed E-state index contributed by atoms with van der Waals surface area (Å²) in [6.45, 7) is 3.80. The van der Waals surface area contributed by atoms with E-state index in [0.29, 0.717) is 16.5 Å². The first kappa shape index (κ1) is 20.4. The standard InChI is InChI=1S/C19H20N2O5S/c1-13(2)14-3-5-15(6-4-14)20-18(22)11-26-19(23)12-27-17-9-7-16(8-10-17)21(24)25/h3-10,13H,11-12H2,1-2H3,(H,20,22). The highest BCUT2D eigenvalue weighted by atomic mass is 32.2. The second kappa shape index (κ2) is 9.72. The quantitative estimate of drug-likeness (QED) is 0.318. The highest BCUT2D eigenvalue weighted by Crippen LogP contribution is 2.21. The van der Waals surface area contributed by atoms with Gasteiger partial charge in [0.05, 0.1) is 10.7 Å². The summed E-state index contributed by atoms with van der Waals surface area (Å²) in [5.41, 5.74) is 1.79. The van der Waals surface area contributed by atoms with Crippen LogP contribution >= 0.6 is 11.8 Å². The lowest BCUT2D eigenvalue weighted by molar-refractivity contribution is -0.384. The largest absolute Gasteiger partial charge is 0.455 e. The normalized spacial score (nSPS) is 10.5. The van der Waals surface area contributed by atoms with Gasteiger partial charge in [0.1, 0.15) is 0 Å². The van der Waals surface area contributed by atoms with Gasteiger partial charge < -0.3 is 10.1 Å². The fraction of sp³-hybridized carbons (Fsp3) is 0.263. The molecule has 0 unspecified atom stereocenters. The van der Waals surface area contributed by atoms with E-state index in [4.69, 9.17) is 4.74 Å². The van der Waals surface area contributed by atoms with Crippen LogP contribution in [0.4, 0.5) is 11.4 Å². The Kier molecular flexibility index (Phi) is 7.36. The van der Waals surface area contributed by atoms with Crippen LogP contribution in [0.3, 0.4) is 0 Å². The Hall–Kier alpha value is -2.87. The number of nitrogens with one attached hydrogen (secondary N) is 1. The minimum absolute atomic E-state index is 0.00811. The Bertz CT molecular complexity index is 804.